The molecule has 2 rings (SSSR count). The van der Waals surface area contributed by atoms with Crippen molar-refractivity contribution in [3.63, 3.8) is 0 Å². The van der Waals surface area contributed by atoms with Gasteiger partial charge >= 0.3 is 0 Å². The van der Waals surface area contributed by atoms with Gasteiger partial charge in [-0.3, -0.25) is 0 Å². The van der Waals surface area contributed by atoms with Crippen LogP contribution in [0.2, 0.25) is 0 Å². The molecule has 3 heteroatoms. The highest BCUT2D eigenvalue weighted by atomic mass is 79.9. The first-order valence-electron chi connectivity index (χ1n) is 7.29. The van der Waals surface area contributed by atoms with Crippen LogP contribution in [0.15, 0.2) is 46.9 Å². The second-order valence-corrected chi connectivity index (χ2v) is 6.34. The molecular formula is C18H22BrNO. The van der Waals surface area contributed by atoms with Gasteiger partial charge in [0.15, 0.2) is 0 Å². The van der Waals surface area contributed by atoms with Crippen molar-refractivity contribution in [3.8, 4) is 5.75 Å². The van der Waals surface area contributed by atoms with E-state index in [1.807, 2.05) is 24.3 Å². The van der Waals surface area contributed by atoms with Crippen molar-refractivity contribution in [3.05, 3.63) is 58.1 Å². The van der Waals surface area contributed by atoms with Crippen molar-refractivity contribution in [1.29, 1.82) is 0 Å². The summed E-state index contributed by atoms with van der Waals surface area (Å²) in [5.74, 6) is 1.42. The lowest BCUT2D eigenvalue weighted by molar-refractivity contribution is 0.328. The average molecular weight is 348 g/mol. The number of anilines is 1. The Morgan fingerprint density at radius 2 is 1.90 bits per heavy atom. The van der Waals surface area contributed by atoms with Gasteiger partial charge in [-0.05, 0) is 48.2 Å². The lowest BCUT2D eigenvalue weighted by atomic mass is 10.0. The third kappa shape index (κ3) is 4.50. The fraction of sp³-hybridized carbons (Fsp3) is 0.333. The van der Waals surface area contributed by atoms with Gasteiger partial charge in [-0.1, -0.05) is 48.0 Å². The number of aryl methyl sites for hydroxylation is 1. The highest BCUT2D eigenvalue weighted by Crippen LogP contribution is 2.29. The number of hydrogen-bond donors (Lipinski definition) is 1. The first-order chi connectivity index (χ1) is 10.1. The first-order valence-corrected chi connectivity index (χ1v) is 8.09. The van der Waals surface area contributed by atoms with Crippen LogP contribution in [0.5, 0.6) is 5.75 Å². The van der Waals surface area contributed by atoms with Crippen molar-refractivity contribution in [2.75, 3.05) is 18.5 Å². The number of ether oxygens (including phenoxy) is 1. The molecule has 0 amide bonds. The SMILES string of the molecule is Cc1ccccc1NCCOc1ccc(Br)cc1C(C)C. The first kappa shape index (κ1) is 15.9. The van der Waals surface area contributed by atoms with E-state index in [1.54, 1.807) is 0 Å². The predicted molar refractivity (Wildman–Crippen MR) is 93.4 cm³/mol. The van der Waals surface area contributed by atoms with Crippen LogP contribution in [0.25, 0.3) is 0 Å². The maximum Gasteiger partial charge on any atom is 0.122 e. The van der Waals surface area contributed by atoms with Crippen LogP contribution in [0.1, 0.15) is 30.9 Å². The van der Waals surface area contributed by atoms with E-state index in [1.165, 1.54) is 16.8 Å². The molecule has 0 heterocycles. The van der Waals surface area contributed by atoms with Gasteiger partial charge in [0, 0.05) is 16.7 Å². The summed E-state index contributed by atoms with van der Waals surface area (Å²) in [4.78, 5) is 0. The molecule has 2 aromatic rings. The van der Waals surface area contributed by atoms with Crippen molar-refractivity contribution in [1.82, 2.24) is 0 Å². The monoisotopic (exact) mass is 347 g/mol. The molecule has 21 heavy (non-hydrogen) atoms. The number of rotatable bonds is 6. The molecule has 0 aromatic heterocycles. The van der Waals surface area contributed by atoms with Gasteiger partial charge in [-0.25, -0.2) is 0 Å². The number of para-hydroxylation sites is 1. The number of halogens is 1. The van der Waals surface area contributed by atoms with Gasteiger partial charge < -0.3 is 10.1 Å². The van der Waals surface area contributed by atoms with Gasteiger partial charge in [0.2, 0.25) is 0 Å². The Morgan fingerprint density at radius 3 is 2.62 bits per heavy atom. The molecule has 0 aliphatic rings. The third-order valence-electron chi connectivity index (χ3n) is 3.41. The topological polar surface area (TPSA) is 21.3 Å². The molecule has 1 N–H and O–H groups in total. The zero-order valence-electron chi connectivity index (χ0n) is 12.8. The molecule has 0 fully saturated rings. The summed E-state index contributed by atoms with van der Waals surface area (Å²) < 4.78 is 7.03. The summed E-state index contributed by atoms with van der Waals surface area (Å²) in [6.07, 6.45) is 0. The van der Waals surface area contributed by atoms with Gasteiger partial charge in [0.1, 0.15) is 12.4 Å². The van der Waals surface area contributed by atoms with Crippen LogP contribution in [0, 0.1) is 6.92 Å². The predicted octanol–water partition coefficient (Wildman–Crippen LogP) is 5.37. The molecular weight excluding hydrogens is 326 g/mol. The summed E-state index contributed by atoms with van der Waals surface area (Å²) in [5.41, 5.74) is 3.66. The lowest BCUT2D eigenvalue weighted by Crippen LogP contribution is -2.13. The molecule has 0 bridgehead atoms. The van der Waals surface area contributed by atoms with E-state index in [0.29, 0.717) is 12.5 Å². The van der Waals surface area contributed by atoms with Crippen molar-refractivity contribution in [2.45, 2.75) is 26.7 Å². The molecule has 0 spiro atoms. The Bertz CT molecular complexity index is 596. The van der Waals surface area contributed by atoms with E-state index < -0.39 is 0 Å². The Balaban J connectivity index is 1.91. The Labute approximate surface area is 135 Å². The molecule has 0 radical (unpaired) electrons. The molecule has 0 aliphatic carbocycles. The van der Waals surface area contributed by atoms with Crippen LogP contribution in [-0.2, 0) is 0 Å². The van der Waals surface area contributed by atoms with Crippen molar-refractivity contribution >= 4 is 21.6 Å². The molecule has 2 nitrogen and oxygen atoms in total. The summed E-state index contributed by atoms with van der Waals surface area (Å²) in [6, 6.07) is 14.5. The minimum Gasteiger partial charge on any atom is -0.491 e. The number of hydrogen-bond acceptors (Lipinski definition) is 2. The summed E-state index contributed by atoms with van der Waals surface area (Å²) >= 11 is 3.52. The Kier molecular flexibility index (Phi) is 5.68. The van der Waals surface area contributed by atoms with Crippen LogP contribution < -0.4 is 10.1 Å². The quantitative estimate of drug-likeness (QED) is 0.709. The molecule has 0 saturated carbocycles. The molecule has 112 valence electrons. The minimum atomic E-state index is 0.446. The van der Waals surface area contributed by atoms with Crippen LogP contribution >= 0.6 is 15.9 Å². The summed E-state index contributed by atoms with van der Waals surface area (Å²) in [5, 5.41) is 3.41. The summed E-state index contributed by atoms with van der Waals surface area (Å²) in [7, 11) is 0. The number of benzene rings is 2. The van der Waals surface area contributed by atoms with E-state index in [-0.39, 0.29) is 0 Å². The maximum atomic E-state index is 5.93. The molecule has 0 saturated heterocycles. The smallest absolute Gasteiger partial charge is 0.122 e. The van der Waals surface area contributed by atoms with Gasteiger partial charge in [0.25, 0.3) is 0 Å². The molecule has 0 atom stereocenters. The lowest BCUT2D eigenvalue weighted by Gasteiger charge is -2.15. The third-order valence-corrected chi connectivity index (χ3v) is 3.91. The van der Waals surface area contributed by atoms with E-state index in [2.05, 4.69) is 60.2 Å². The highest BCUT2D eigenvalue weighted by Gasteiger charge is 2.08. The molecule has 0 unspecified atom stereocenters. The average Bonchev–Trinajstić information content (AvgIpc) is 2.46. The zero-order valence-corrected chi connectivity index (χ0v) is 14.4. The van der Waals surface area contributed by atoms with E-state index >= 15 is 0 Å². The van der Waals surface area contributed by atoms with Crippen LogP contribution in [-0.4, -0.2) is 13.2 Å². The number of nitrogens with one attached hydrogen (secondary N) is 1. The van der Waals surface area contributed by atoms with Gasteiger partial charge in [0.05, 0.1) is 0 Å². The van der Waals surface area contributed by atoms with E-state index in [0.717, 1.165) is 16.8 Å². The van der Waals surface area contributed by atoms with Gasteiger partial charge in [-0.2, -0.15) is 0 Å². The Hall–Kier alpha value is -1.48. The maximum absolute atomic E-state index is 5.93. The second kappa shape index (κ2) is 7.51. The zero-order chi connectivity index (χ0) is 15.2. The van der Waals surface area contributed by atoms with E-state index in [4.69, 9.17) is 4.74 Å². The van der Waals surface area contributed by atoms with Crippen LogP contribution in [0.4, 0.5) is 5.69 Å². The van der Waals surface area contributed by atoms with Crippen LogP contribution in [0.3, 0.4) is 0 Å². The minimum absolute atomic E-state index is 0.446. The van der Waals surface area contributed by atoms with E-state index in [9.17, 15) is 0 Å². The molecule has 2 aromatic carbocycles. The standard InChI is InChI=1S/C18H22BrNO/c1-13(2)16-12-15(19)8-9-18(16)21-11-10-20-17-7-5-4-6-14(17)3/h4-9,12-13,20H,10-11H2,1-3H3. The normalized spacial score (nSPS) is 10.7. The highest BCUT2D eigenvalue weighted by molar-refractivity contribution is 9.10. The van der Waals surface area contributed by atoms with Crippen molar-refractivity contribution < 1.29 is 4.74 Å². The summed E-state index contributed by atoms with van der Waals surface area (Å²) in [6.45, 7) is 7.91. The Morgan fingerprint density at radius 1 is 1.14 bits per heavy atom. The fourth-order valence-electron chi connectivity index (χ4n) is 2.22. The van der Waals surface area contributed by atoms with Gasteiger partial charge in [-0.15, -0.1) is 0 Å². The molecule has 0 aliphatic heterocycles. The second-order valence-electron chi connectivity index (χ2n) is 5.43. The largest absolute Gasteiger partial charge is 0.491 e. The van der Waals surface area contributed by atoms with Crippen molar-refractivity contribution in [2.24, 2.45) is 0 Å². The fourth-order valence-corrected chi connectivity index (χ4v) is 2.60.